The molecule has 0 aliphatic carbocycles. The number of nitrogens with zero attached hydrogens (tertiary/aromatic N) is 3. The molecule has 90 valence electrons. The molecule has 0 aliphatic rings. The Balaban J connectivity index is 2.44. The Hall–Kier alpha value is -1.19. The molecule has 0 saturated heterocycles. The van der Waals surface area contributed by atoms with Crippen LogP contribution in [0.25, 0.3) is 0 Å². The molecule has 1 aromatic rings. The van der Waals surface area contributed by atoms with Crippen LogP contribution in [0.5, 0.6) is 0 Å². The summed E-state index contributed by atoms with van der Waals surface area (Å²) in [5, 5.41) is 8.19. The fourth-order valence-corrected chi connectivity index (χ4v) is 1.38. The lowest BCUT2D eigenvalue weighted by molar-refractivity contribution is -0.118. The second-order valence-electron chi connectivity index (χ2n) is 5.07. The van der Waals surface area contributed by atoms with Crippen molar-refractivity contribution >= 4 is 5.78 Å². The number of hydrogen-bond acceptors (Lipinski definition) is 3. The van der Waals surface area contributed by atoms with E-state index >= 15 is 0 Å². The molecule has 0 fully saturated rings. The van der Waals surface area contributed by atoms with Gasteiger partial charge in [-0.05, 0) is 33.6 Å². The Morgan fingerprint density at radius 1 is 1.44 bits per heavy atom. The van der Waals surface area contributed by atoms with Gasteiger partial charge in [-0.2, -0.15) is 0 Å². The minimum absolute atomic E-state index is 0.0233. The van der Waals surface area contributed by atoms with Gasteiger partial charge in [0, 0.05) is 19.0 Å². The molecule has 0 aromatic carbocycles. The van der Waals surface area contributed by atoms with Crippen molar-refractivity contribution in [3.63, 3.8) is 0 Å². The van der Waals surface area contributed by atoms with Crippen molar-refractivity contribution in [1.29, 1.82) is 0 Å². The largest absolute Gasteiger partial charge is 0.300 e. The van der Waals surface area contributed by atoms with E-state index in [-0.39, 0.29) is 5.54 Å². The normalized spacial score (nSPS) is 11.8. The number of carbonyl (C=O) groups is 1. The average Bonchev–Trinajstić information content (AvgIpc) is 2.65. The highest BCUT2D eigenvalue weighted by atomic mass is 16.1. The highest BCUT2D eigenvalue weighted by Crippen LogP contribution is 2.12. The molecule has 1 heterocycles. The number of rotatable bonds is 5. The summed E-state index contributed by atoms with van der Waals surface area (Å²) in [6, 6.07) is 0. The predicted molar refractivity (Wildman–Crippen MR) is 63.3 cm³/mol. The van der Waals surface area contributed by atoms with Crippen molar-refractivity contribution in [3.05, 3.63) is 11.9 Å². The molecule has 4 nitrogen and oxygen atoms in total. The summed E-state index contributed by atoms with van der Waals surface area (Å²) in [6.07, 6.45) is 4.96. The predicted octanol–water partition coefficient (Wildman–Crippen LogP) is 2.33. The van der Waals surface area contributed by atoms with E-state index in [4.69, 9.17) is 0 Å². The summed E-state index contributed by atoms with van der Waals surface area (Å²) in [5.41, 5.74) is 0.948. The molecule has 4 heteroatoms. The Morgan fingerprint density at radius 3 is 2.62 bits per heavy atom. The summed E-state index contributed by atoms with van der Waals surface area (Å²) in [7, 11) is 0. The summed E-state index contributed by atoms with van der Waals surface area (Å²) < 4.78 is 1.87. The fourth-order valence-electron chi connectivity index (χ4n) is 1.38. The van der Waals surface area contributed by atoms with E-state index in [0.717, 1.165) is 18.5 Å². The number of ketones is 1. The average molecular weight is 223 g/mol. The summed E-state index contributed by atoms with van der Waals surface area (Å²) >= 11 is 0. The van der Waals surface area contributed by atoms with Crippen LogP contribution >= 0.6 is 0 Å². The molecule has 1 aromatic heterocycles. The highest BCUT2D eigenvalue weighted by molar-refractivity contribution is 5.77. The van der Waals surface area contributed by atoms with Gasteiger partial charge in [0.1, 0.15) is 5.78 Å². The maximum Gasteiger partial charge on any atom is 0.132 e. The van der Waals surface area contributed by atoms with Crippen molar-refractivity contribution in [2.24, 2.45) is 0 Å². The van der Waals surface area contributed by atoms with Crippen molar-refractivity contribution in [1.82, 2.24) is 15.0 Å². The molecule has 0 amide bonds. The molecule has 0 radical (unpaired) electrons. The summed E-state index contributed by atoms with van der Waals surface area (Å²) in [5.74, 6) is 0.322. The van der Waals surface area contributed by atoms with Gasteiger partial charge >= 0.3 is 0 Å². The molecular weight excluding hydrogens is 202 g/mol. The van der Waals surface area contributed by atoms with Gasteiger partial charge in [-0.1, -0.05) is 12.1 Å². The van der Waals surface area contributed by atoms with E-state index in [1.165, 1.54) is 0 Å². The van der Waals surface area contributed by atoms with Crippen LogP contribution < -0.4 is 0 Å². The number of Topliss-reactive ketones (excluding diaryl/α,β-unsaturated/α-hetero) is 1. The molecule has 1 rings (SSSR count). The third-order valence-corrected chi connectivity index (χ3v) is 2.51. The van der Waals surface area contributed by atoms with Crippen molar-refractivity contribution in [2.45, 2.75) is 58.9 Å². The van der Waals surface area contributed by atoms with E-state index in [2.05, 4.69) is 31.1 Å². The van der Waals surface area contributed by atoms with Crippen LogP contribution in [0.2, 0.25) is 0 Å². The number of carbonyl (C=O) groups excluding carboxylic acids is 1. The second kappa shape index (κ2) is 5.23. The van der Waals surface area contributed by atoms with E-state index < -0.39 is 0 Å². The minimum atomic E-state index is -0.0233. The van der Waals surface area contributed by atoms with Gasteiger partial charge in [-0.15, -0.1) is 5.10 Å². The van der Waals surface area contributed by atoms with E-state index in [9.17, 15) is 4.79 Å². The van der Waals surface area contributed by atoms with Gasteiger partial charge in [0.15, 0.2) is 0 Å². The second-order valence-corrected chi connectivity index (χ2v) is 5.07. The van der Waals surface area contributed by atoms with Crippen LogP contribution in [0.15, 0.2) is 6.20 Å². The van der Waals surface area contributed by atoms with Crippen LogP contribution in [0.1, 0.15) is 52.7 Å². The van der Waals surface area contributed by atoms with Crippen molar-refractivity contribution in [3.8, 4) is 0 Å². The first-order valence-electron chi connectivity index (χ1n) is 5.87. The Morgan fingerprint density at radius 2 is 2.12 bits per heavy atom. The highest BCUT2D eigenvalue weighted by Gasteiger charge is 2.14. The summed E-state index contributed by atoms with van der Waals surface area (Å²) in [6.45, 7) is 8.17. The zero-order valence-corrected chi connectivity index (χ0v) is 10.7. The van der Waals surface area contributed by atoms with Gasteiger partial charge in [-0.25, -0.2) is 4.68 Å². The van der Waals surface area contributed by atoms with Gasteiger partial charge < -0.3 is 0 Å². The van der Waals surface area contributed by atoms with Crippen LogP contribution in [-0.4, -0.2) is 20.8 Å². The first kappa shape index (κ1) is 12.9. The third kappa shape index (κ3) is 3.76. The molecular formula is C12H21N3O. The monoisotopic (exact) mass is 223 g/mol. The first-order chi connectivity index (χ1) is 7.43. The lowest BCUT2D eigenvalue weighted by atomic mass is 10.1. The first-order valence-corrected chi connectivity index (χ1v) is 5.87. The van der Waals surface area contributed by atoms with Gasteiger partial charge in [0.05, 0.1) is 11.2 Å². The number of aromatic nitrogens is 3. The SMILES string of the molecule is CCC(=O)CCCc1cn(C(C)(C)C)nn1. The topological polar surface area (TPSA) is 47.8 Å². The standard InChI is InChI=1S/C12H21N3O/c1-5-11(16)8-6-7-10-9-15(14-13-10)12(2,3)4/h9H,5-8H2,1-4H3. The molecule has 16 heavy (non-hydrogen) atoms. The fraction of sp³-hybridized carbons (Fsp3) is 0.750. The maximum atomic E-state index is 11.1. The van der Waals surface area contributed by atoms with Gasteiger partial charge in [0.25, 0.3) is 0 Å². The third-order valence-electron chi connectivity index (χ3n) is 2.51. The van der Waals surface area contributed by atoms with Crippen LogP contribution in [-0.2, 0) is 16.8 Å². The van der Waals surface area contributed by atoms with Crippen molar-refractivity contribution < 1.29 is 4.79 Å². The lowest BCUT2D eigenvalue weighted by Crippen LogP contribution is -2.22. The van der Waals surface area contributed by atoms with Crippen molar-refractivity contribution in [2.75, 3.05) is 0 Å². The number of hydrogen-bond donors (Lipinski definition) is 0. The molecule has 0 unspecified atom stereocenters. The van der Waals surface area contributed by atoms with Gasteiger partial charge in [-0.3, -0.25) is 4.79 Å². The molecule has 0 aliphatic heterocycles. The molecule has 0 N–H and O–H groups in total. The van der Waals surface area contributed by atoms with Crippen LogP contribution in [0, 0.1) is 0 Å². The number of aryl methyl sites for hydroxylation is 1. The Bertz CT molecular complexity index is 349. The van der Waals surface area contributed by atoms with Gasteiger partial charge in [0.2, 0.25) is 0 Å². The zero-order valence-electron chi connectivity index (χ0n) is 10.7. The quantitative estimate of drug-likeness (QED) is 0.769. The van der Waals surface area contributed by atoms with E-state index in [1.54, 1.807) is 0 Å². The smallest absolute Gasteiger partial charge is 0.132 e. The maximum absolute atomic E-state index is 11.1. The Kier molecular flexibility index (Phi) is 4.21. The molecule has 0 atom stereocenters. The Labute approximate surface area is 97.0 Å². The minimum Gasteiger partial charge on any atom is -0.300 e. The zero-order chi connectivity index (χ0) is 12.2. The van der Waals surface area contributed by atoms with E-state index in [1.807, 2.05) is 17.8 Å². The van der Waals surface area contributed by atoms with Crippen LogP contribution in [0.4, 0.5) is 0 Å². The lowest BCUT2D eigenvalue weighted by Gasteiger charge is -2.17. The van der Waals surface area contributed by atoms with E-state index in [0.29, 0.717) is 18.6 Å². The molecule has 0 spiro atoms. The summed E-state index contributed by atoms with van der Waals surface area (Å²) in [4.78, 5) is 11.1. The molecule has 0 saturated carbocycles. The van der Waals surface area contributed by atoms with Crippen LogP contribution in [0.3, 0.4) is 0 Å². The molecule has 0 bridgehead atoms.